The number of ether oxygens (including phenoxy) is 5. The number of nitrogens with two attached hydrogens (primary N) is 1. The molecule has 0 aliphatic rings. The second-order valence-electron chi connectivity index (χ2n) is 10.8. The fourth-order valence-electron chi connectivity index (χ4n) is 3.45. The number of benzene rings is 1. The number of carboxylic acids is 1. The molecule has 0 saturated heterocycles. The molecule has 3 atom stereocenters. The zero-order valence-corrected chi connectivity index (χ0v) is 23.9. The predicted molar refractivity (Wildman–Crippen MR) is 143 cm³/mol. The third-order valence-electron chi connectivity index (χ3n) is 5.53. The molecule has 0 fully saturated rings. The second-order valence-corrected chi connectivity index (χ2v) is 10.8. The molecule has 0 aliphatic carbocycles. The molecule has 0 saturated carbocycles. The van der Waals surface area contributed by atoms with E-state index in [1.165, 1.54) is 18.2 Å². The first kappa shape index (κ1) is 33.7. The molecule has 1 rings (SSSR count). The van der Waals surface area contributed by atoms with E-state index in [0.29, 0.717) is 17.9 Å². The molecule has 11 nitrogen and oxygen atoms in total. The van der Waals surface area contributed by atoms with Gasteiger partial charge in [0.15, 0.2) is 11.5 Å². The van der Waals surface area contributed by atoms with Gasteiger partial charge in [0.2, 0.25) is 0 Å². The van der Waals surface area contributed by atoms with Crippen LogP contribution < -0.4 is 15.2 Å². The lowest BCUT2D eigenvalue weighted by Gasteiger charge is -2.28. The summed E-state index contributed by atoms with van der Waals surface area (Å²) in [6.07, 6.45) is -1.13. The van der Waals surface area contributed by atoms with E-state index in [1.807, 2.05) is 41.5 Å². The van der Waals surface area contributed by atoms with Crippen molar-refractivity contribution in [2.45, 2.75) is 73.3 Å². The van der Waals surface area contributed by atoms with Crippen molar-refractivity contribution in [3.8, 4) is 11.5 Å². The van der Waals surface area contributed by atoms with Crippen LogP contribution >= 0.6 is 0 Å². The fraction of sp³-hybridized carbons (Fsp3) is 0.643. The van der Waals surface area contributed by atoms with Gasteiger partial charge in [-0.05, 0) is 47.8 Å². The van der Waals surface area contributed by atoms with E-state index < -0.39 is 42.1 Å². The Bertz CT molecular complexity index is 960. The van der Waals surface area contributed by atoms with Gasteiger partial charge in [-0.2, -0.15) is 0 Å². The van der Waals surface area contributed by atoms with Gasteiger partial charge in [0.05, 0.1) is 19.8 Å². The van der Waals surface area contributed by atoms with Crippen LogP contribution in [0.25, 0.3) is 0 Å². The Kier molecular flexibility index (Phi) is 14.3. The van der Waals surface area contributed by atoms with Gasteiger partial charge in [-0.15, -0.1) is 0 Å². The Morgan fingerprint density at radius 3 is 1.79 bits per heavy atom. The molecule has 0 bridgehead atoms. The molecule has 3 N–H and O–H groups in total. The first-order valence-corrected chi connectivity index (χ1v) is 13.2. The zero-order valence-electron chi connectivity index (χ0n) is 23.9. The normalized spacial score (nSPS) is 13.5. The Morgan fingerprint density at radius 2 is 1.31 bits per heavy atom. The lowest BCUT2D eigenvalue weighted by Crippen LogP contribution is -2.40. The van der Waals surface area contributed by atoms with Crippen molar-refractivity contribution < 1.29 is 48.0 Å². The van der Waals surface area contributed by atoms with Crippen LogP contribution in [0.1, 0.15) is 72.8 Å². The van der Waals surface area contributed by atoms with Crippen LogP contribution in [0.4, 0.5) is 9.59 Å². The summed E-state index contributed by atoms with van der Waals surface area (Å²) in [6, 6.07) is 2.83. The van der Waals surface area contributed by atoms with Gasteiger partial charge >= 0.3 is 24.2 Å². The maximum atomic E-state index is 12.3. The molecule has 0 radical (unpaired) electrons. The summed E-state index contributed by atoms with van der Waals surface area (Å²) in [5, 5.41) is 9.68. The Balaban J connectivity index is 3.28. The van der Waals surface area contributed by atoms with E-state index in [9.17, 15) is 24.3 Å². The van der Waals surface area contributed by atoms with Crippen LogP contribution in [0.5, 0.6) is 11.5 Å². The Morgan fingerprint density at radius 1 is 0.769 bits per heavy atom. The number of hydrogen-bond donors (Lipinski definition) is 2. The average Bonchev–Trinajstić information content (AvgIpc) is 2.85. The number of carboxylic acid groups (broad SMARTS) is 1. The van der Waals surface area contributed by atoms with Crippen molar-refractivity contribution in [3.05, 3.63) is 23.8 Å². The van der Waals surface area contributed by atoms with Crippen molar-refractivity contribution in [2.24, 2.45) is 29.4 Å². The average molecular weight is 554 g/mol. The second kappa shape index (κ2) is 16.6. The van der Waals surface area contributed by atoms with E-state index >= 15 is 0 Å². The van der Waals surface area contributed by atoms with Crippen LogP contribution in [0.3, 0.4) is 0 Å². The van der Waals surface area contributed by atoms with Crippen molar-refractivity contribution in [2.75, 3.05) is 19.8 Å². The van der Waals surface area contributed by atoms with E-state index in [-0.39, 0.29) is 49.6 Å². The van der Waals surface area contributed by atoms with E-state index in [1.54, 1.807) is 6.92 Å². The maximum Gasteiger partial charge on any atom is 0.513 e. The SMILES string of the molecule is CC(C)CCC(=O)OCC(C)C(c1ccc(OC(=O)OCC(C)C)c(OC(=O)OCC(C)C)c1)[C@H](N)C(=O)O. The van der Waals surface area contributed by atoms with Crippen molar-refractivity contribution in [1.29, 1.82) is 0 Å². The van der Waals surface area contributed by atoms with Gasteiger partial charge < -0.3 is 34.5 Å². The topological polar surface area (TPSA) is 161 Å². The van der Waals surface area contributed by atoms with Crippen LogP contribution in [-0.4, -0.2) is 55.2 Å². The molecular formula is C28H43NO10. The van der Waals surface area contributed by atoms with Crippen LogP contribution in [-0.2, 0) is 23.8 Å². The van der Waals surface area contributed by atoms with Crippen LogP contribution in [0, 0.1) is 23.7 Å². The standard InChI is InChI=1S/C28H43NO10/c1-16(2)8-11-23(30)35-15-19(7)24(25(29)26(31)32)20-9-10-21(38-27(33)36-13-17(3)4)22(12-20)39-28(34)37-14-18(5)6/h9-10,12,16-19,24-25H,8,11,13-15,29H2,1-7H3,(H,31,32)/t19?,24?,25-/m0/s1. The van der Waals surface area contributed by atoms with Gasteiger partial charge in [-0.25, -0.2) is 9.59 Å². The minimum atomic E-state index is -1.38. The molecule has 0 heterocycles. The first-order chi connectivity index (χ1) is 18.2. The maximum absolute atomic E-state index is 12.3. The Hall–Kier alpha value is -3.34. The van der Waals surface area contributed by atoms with Crippen LogP contribution in [0.2, 0.25) is 0 Å². The highest BCUT2D eigenvalue weighted by molar-refractivity contribution is 5.75. The third kappa shape index (κ3) is 12.8. The zero-order chi connectivity index (χ0) is 29.7. The molecule has 39 heavy (non-hydrogen) atoms. The van der Waals surface area contributed by atoms with E-state index in [4.69, 9.17) is 29.4 Å². The number of esters is 1. The summed E-state index contributed by atoms with van der Waals surface area (Å²) in [5.74, 6) is -2.91. The van der Waals surface area contributed by atoms with Gasteiger partial charge in [0.1, 0.15) is 6.04 Å². The van der Waals surface area contributed by atoms with Crippen molar-refractivity contribution >= 4 is 24.2 Å². The summed E-state index contributed by atoms with van der Waals surface area (Å²) in [7, 11) is 0. The van der Waals surface area contributed by atoms with Gasteiger partial charge in [0, 0.05) is 12.3 Å². The number of aliphatic carboxylic acids is 1. The Labute approximate surface area is 230 Å². The lowest BCUT2D eigenvalue weighted by molar-refractivity contribution is -0.145. The van der Waals surface area contributed by atoms with Crippen molar-refractivity contribution in [3.63, 3.8) is 0 Å². The molecule has 0 aliphatic heterocycles. The third-order valence-corrected chi connectivity index (χ3v) is 5.53. The first-order valence-electron chi connectivity index (χ1n) is 13.2. The fourth-order valence-corrected chi connectivity index (χ4v) is 3.45. The van der Waals surface area contributed by atoms with Gasteiger partial charge in [0.25, 0.3) is 0 Å². The quantitative estimate of drug-likeness (QED) is 0.168. The van der Waals surface area contributed by atoms with Gasteiger partial charge in [-0.1, -0.05) is 54.5 Å². The van der Waals surface area contributed by atoms with Crippen LogP contribution in [0.15, 0.2) is 18.2 Å². The highest BCUT2D eigenvalue weighted by atomic mass is 16.7. The van der Waals surface area contributed by atoms with E-state index in [2.05, 4.69) is 0 Å². The highest BCUT2D eigenvalue weighted by Gasteiger charge is 2.33. The lowest BCUT2D eigenvalue weighted by atomic mass is 9.82. The molecular weight excluding hydrogens is 510 g/mol. The number of carbonyl (C=O) groups is 4. The summed E-state index contributed by atoms with van der Waals surface area (Å²) < 4.78 is 26.1. The molecule has 0 aromatic heterocycles. The molecule has 11 heteroatoms. The summed E-state index contributed by atoms with van der Waals surface area (Å²) in [4.78, 5) is 48.5. The van der Waals surface area contributed by atoms with Crippen molar-refractivity contribution in [1.82, 2.24) is 0 Å². The molecule has 2 unspecified atom stereocenters. The smallest absolute Gasteiger partial charge is 0.480 e. The number of carbonyl (C=O) groups excluding carboxylic acids is 3. The van der Waals surface area contributed by atoms with Gasteiger partial charge in [-0.3, -0.25) is 9.59 Å². The minimum Gasteiger partial charge on any atom is -0.480 e. The summed E-state index contributed by atoms with van der Waals surface area (Å²) >= 11 is 0. The molecule has 220 valence electrons. The van der Waals surface area contributed by atoms with E-state index in [0.717, 1.165) is 0 Å². The molecule has 0 spiro atoms. The molecule has 0 amide bonds. The predicted octanol–water partition coefficient (Wildman–Crippen LogP) is 5.14. The highest BCUT2D eigenvalue weighted by Crippen LogP contribution is 2.36. The number of rotatable bonds is 15. The monoisotopic (exact) mass is 553 g/mol. The largest absolute Gasteiger partial charge is 0.513 e. The summed E-state index contributed by atoms with van der Waals surface area (Å²) in [5.41, 5.74) is 6.41. The summed E-state index contributed by atoms with van der Waals surface area (Å²) in [6.45, 7) is 13.2. The molecule has 1 aromatic rings. The minimum absolute atomic E-state index is 0.0488. The molecule has 1 aromatic carbocycles. The number of hydrogen-bond acceptors (Lipinski definition) is 10.